The quantitative estimate of drug-likeness (QED) is 0.210. The molecule has 0 aliphatic carbocycles. The van der Waals surface area contributed by atoms with Crippen molar-refractivity contribution in [2.75, 3.05) is 20.3 Å². The van der Waals surface area contributed by atoms with Crippen molar-refractivity contribution >= 4 is 17.9 Å². The summed E-state index contributed by atoms with van der Waals surface area (Å²) in [6.07, 6.45) is 1.79. The van der Waals surface area contributed by atoms with Gasteiger partial charge in [0.2, 0.25) is 0 Å². The molecule has 0 N–H and O–H groups in total. The van der Waals surface area contributed by atoms with Gasteiger partial charge < -0.3 is 14.2 Å². The molecule has 0 aliphatic rings. The lowest BCUT2D eigenvalue weighted by Gasteiger charge is -1.99. The van der Waals surface area contributed by atoms with Crippen LogP contribution in [0.3, 0.4) is 0 Å². The summed E-state index contributed by atoms with van der Waals surface area (Å²) in [7, 11) is 1.20. The summed E-state index contributed by atoms with van der Waals surface area (Å²) in [5.41, 5.74) is -0.467. The third-order valence-electron chi connectivity index (χ3n) is 2.34. The van der Waals surface area contributed by atoms with Crippen molar-refractivity contribution in [3.63, 3.8) is 0 Å². The molecule has 0 radical (unpaired) electrons. The first kappa shape index (κ1) is 28.9. The van der Waals surface area contributed by atoms with Crippen LogP contribution in [-0.4, -0.2) is 38.2 Å². The molecule has 0 fully saturated rings. The molecule has 0 aromatic carbocycles. The molecule has 0 unspecified atom stereocenters. The van der Waals surface area contributed by atoms with Crippen LogP contribution in [0.15, 0.2) is 36.5 Å². The van der Waals surface area contributed by atoms with Gasteiger partial charge in [0.1, 0.15) is 34.9 Å². The zero-order valence-electron chi connectivity index (χ0n) is 16.2. The molecule has 0 saturated heterocycles. The van der Waals surface area contributed by atoms with Gasteiger partial charge in [-0.15, -0.1) is 0 Å². The number of rotatable bonds is 7. The van der Waals surface area contributed by atoms with Gasteiger partial charge in [0.05, 0.1) is 20.3 Å². The Balaban J connectivity index is -0.000000340. The fraction of sp³-hybridized carbons (Fsp3) is 0.368. The van der Waals surface area contributed by atoms with Crippen molar-refractivity contribution < 1.29 is 28.6 Å². The maximum Gasteiger partial charge on any atom is 0.348 e. The highest BCUT2D eigenvalue weighted by Crippen LogP contribution is 1.94. The number of carbonyl (C=O) groups is 3. The lowest BCUT2D eigenvalue weighted by Crippen LogP contribution is -2.06. The van der Waals surface area contributed by atoms with Crippen LogP contribution >= 0.6 is 0 Å². The molecule has 9 nitrogen and oxygen atoms in total. The van der Waals surface area contributed by atoms with Crippen LogP contribution in [0.2, 0.25) is 0 Å². The largest absolute Gasteiger partial charge is 0.465 e. The van der Waals surface area contributed by atoms with E-state index in [0.29, 0.717) is 6.61 Å². The first-order valence-electron chi connectivity index (χ1n) is 7.86. The van der Waals surface area contributed by atoms with Gasteiger partial charge in [-0.3, -0.25) is 0 Å². The third-order valence-corrected chi connectivity index (χ3v) is 2.34. The van der Waals surface area contributed by atoms with Crippen LogP contribution in [0.5, 0.6) is 0 Å². The Morgan fingerprint density at radius 1 is 0.786 bits per heavy atom. The van der Waals surface area contributed by atoms with E-state index in [1.54, 1.807) is 25.1 Å². The van der Waals surface area contributed by atoms with E-state index in [9.17, 15) is 14.4 Å². The lowest BCUT2D eigenvalue weighted by atomic mass is 10.3. The highest BCUT2D eigenvalue weighted by Gasteiger charge is 2.05. The standard InChI is InChI=1S/C8H11NO2.C6H7NO2.C5H5NO2/c1-3-4-5-11-8(10)7(2)6-9;1-3-9-6(8)5(2)4-7;1-4(3-6)5(7)8-2/h2-5H2,1H3;2-3H2,1H3;1H2,2H3. The fourth-order valence-electron chi connectivity index (χ4n) is 0.875. The van der Waals surface area contributed by atoms with E-state index in [1.165, 1.54) is 7.11 Å². The summed E-state index contributed by atoms with van der Waals surface area (Å²) in [6.45, 7) is 13.8. The minimum atomic E-state index is -0.674. The maximum absolute atomic E-state index is 10.7. The van der Waals surface area contributed by atoms with E-state index in [0.717, 1.165) is 12.8 Å². The molecule has 0 amide bonds. The number of carbonyl (C=O) groups excluding carboxylic acids is 3. The number of hydrogen-bond donors (Lipinski definition) is 0. The van der Waals surface area contributed by atoms with Crippen molar-refractivity contribution in [1.29, 1.82) is 15.8 Å². The average molecular weight is 389 g/mol. The van der Waals surface area contributed by atoms with Gasteiger partial charge in [0.25, 0.3) is 0 Å². The Labute approximate surface area is 164 Å². The second-order valence-corrected chi connectivity index (χ2v) is 4.47. The molecule has 0 aliphatic heterocycles. The summed E-state index contributed by atoms with van der Waals surface area (Å²) in [5, 5.41) is 24.3. The predicted molar refractivity (Wildman–Crippen MR) is 98.8 cm³/mol. The molecular weight excluding hydrogens is 366 g/mol. The van der Waals surface area contributed by atoms with Gasteiger partial charge in [-0.2, -0.15) is 15.8 Å². The highest BCUT2D eigenvalue weighted by molar-refractivity contribution is 5.92. The minimum Gasteiger partial charge on any atom is -0.465 e. The maximum atomic E-state index is 10.7. The smallest absolute Gasteiger partial charge is 0.348 e. The molecular formula is C19H23N3O6. The first-order chi connectivity index (χ1) is 13.2. The van der Waals surface area contributed by atoms with Crippen LogP contribution in [0, 0.1) is 34.0 Å². The van der Waals surface area contributed by atoms with Crippen LogP contribution in [0.1, 0.15) is 26.7 Å². The first-order valence-corrected chi connectivity index (χ1v) is 7.86. The van der Waals surface area contributed by atoms with Crippen LogP contribution in [0.25, 0.3) is 0 Å². The van der Waals surface area contributed by atoms with Gasteiger partial charge in [-0.25, -0.2) is 14.4 Å². The van der Waals surface area contributed by atoms with Gasteiger partial charge in [-0.1, -0.05) is 33.1 Å². The van der Waals surface area contributed by atoms with E-state index in [-0.39, 0.29) is 23.3 Å². The van der Waals surface area contributed by atoms with Gasteiger partial charge in [0, 0.05) is 0 Å². The number of hydrogen-bond acceptors (Lipinski definition) is 9. The Kier molecular flexibility index (Phi) is 20.0. The summed E-state index contributed by atoms with van der Waals surface area (Å²) in [6, 6.07) is 4.75. The zero-order chi connectivity index (χ0) is 22.5. The van der Waals surface area contributed by atoms with E-state index in [1.807, 2.05) is 6.92 Å². The molecule has 0 aromatic heterocycles. The normalized spacial score (nSPS) is 7.71. The second kappa shape index (κ2) is 19.4. The van der Waals surface area contributed by atoms with Crippen molar-refractivity contribution in [3.05, 3.63) is 36.5 Å². The van der Waals surface area contributed by atoms with E-state index < -0.39 is 17.9 Å². The number of nitriles is 3. The molecule has 0 heterocycles. The molecule has 150 valence electrons. The second-order valence-electron chi connectivity index (χ2n) is 4.47. The Morgan fingerprint density at radius 3 is 1.46 bits per heavy atom. The zero-order valence-corrected chi connectivity index (χ0v) is 16.2. The third kappa shape index (κ3) is 16.9. The summed E-state index contributed by atoms with van der Waals surface area (Å²) >= 11 is 0. The SMILES string of the molecule is C=C(C#N)C(=O)OC.C=C(C#N)C(=O)OCC.C=C(C#N)C(=O)OCCCC. The minimum absolute atomic E-state index is 0.138. The van der Waals surface area contributed by atoms with Crippen molar-refractivity contribution in [2.24, 2.45) is 0 Å². The summed E-state index contributed by atoms with van der Waals surface area (Å²) in [5.74, 6) is -1.92. The molecule has 28 heavy (non-hydrogen) atoms. The Hall–Kier alpha value is -3.90. The monoisotopic (exact) mass is 389 g/mol. The van der Waals surface area contributed by atoms with E-state index >= 15 is 0 Å². The van der Waals surface area contributed by atoms with Crippen molar-refractivity contribution in [3.8, 4) is 18.2 Å². The molecule has 0 rings (SSSR count). The Bertz CT molecular complexity index is 705. The fourth-order valence-corrected chi connectivity index (χ4v) is 0.875. The Morgan fingerprint density at radius 2 is 1.18 bits per heavy atom. The van der Waals surface area contributed by atoms with Crippen molar-refractivity contribution in [2.45, 2.75) is 26.7 Å². The topological polar surface area (TPSA) is 150 Å². The number of ether oxygens (including phenoxy) is 3. The summed E-state index contributed by atoms with van der Waals surface area (Å²) < 4.78 is 13.2. The van der Waals surface area contributed by atoms with Crippen LogP contribution in [-0.2, 0) is 28.6 Å². The molecule has 0 spiro atoms. The number of unbranched alkanes of at least 4 members (excludes halogenated alkanes) is 1. The lowest BCUT2D eigenvalue weighted by molar-refractivity contribution is -0.139. The van der Waals surface area contributed by atoms with Gasteiger partial charge >= 0.3 is 17.9 Å². The van der Waals surface area contributed by atoms with Crippen molar-refractivity contribution in [1.82, 2.24) is 0 Å². The van der Waals surface area contributed by atoms with E-state index in [2.05, 4.69) is 33.9 Å². The molecule has 0 bridgehead atoms. The van der Waals surface area contributed by atoms with Crippen LogP contribution in [0.4, 0.5) is 0 Å². The van der Waals surface area contributed by atoms with Gasteiger partial charge in [-0.05, 0) is 13.3 Å². The molecule has 9 heteroatoms. The number of esters is 3. The summed E-state index contributed by atoms with van der Waals surface area (Å²) in [4.78, 5) is 31.3. The predicted octanol–water partition coefficient (Wildman–Crippen LogP) is 2.28. The number of nitrogens with zero attached hydrogens (tertiary/aromatic N) is 3. The van der Waals surface area contributed by atoms with Gasteiger partial charge in [0.15, 0.2) is 0 Å². The molecule has 0 aromatic rings. The highest BCUT2D eigenvalue weighted by atomic mass is 16.5. The van der Waals surface area contributed by atoms with Crippen LogP contribution < -0.4 is 0 Å². The molecule has 0 saturated carbocycles. The van der Waals surface area contributed by atoms with E-state index in [4.69, 9.17) is 15.8 Å². The average Bonchev–Trinajstić information content (AvgIpc) is 2.72. The number of methoxy groups -OCH3 is 1. The molecule has 0 atom stereocenters.